The van der Waals surface area contributed by atoms with Gasteiger partial charge in [-0.25, -0.2) is 12.8 Å². The van der Waals surface area contributed by atoms with E-state index in [4.69, 9.17) is 0 Å². The van der Waals surface area contributed by atoms with Gasteiger partial charge in [0.25, 0.3) is 5.91 Å². The van der Waals surface area contributed by atoms with Crippen LogP contribution in [-0.2, 0) is 14.8 Å². The molecule has 0 saturated carbocycles. The zero-order valence-electron chi connectivity index (χ0n) is 12.1. The Kier molecular flexibility index (Phi) is 3.78. The molecule has 1 atom stereocenters. The molecular formula is C15H14FN3O3S. The van der Waals surface area contributed by atoms with Crippen LogP contribution in [-0.4, -0.2) is 20.5 Å². The maximum Gasteiger partial charge on any atom is 0.262 e. The van der Waals surface area contributed by atoms with E-state index in [1.165, 1.54) is 18.2 Å². The molecular weight excluding hydrogens is 321 g/mol. The number of fused-ring (bicyclic) bond motifs is 1. The van der Waals surface area contributed by atoms with Crippen molar-refractivity contribution in [2.45, 2.75) is 18.0 Å². The van der Waals surface area contributed by atoms with Crippen LogP contribution in [0.4, 0.5) is 15.8 Å². The summed E-state index contributed by atoms with van der Waals surface area (Å²) in [5, 5.41) is 5.28. The second-order valence-corrected chi connectivity index (χ2v) is 6.83. The second-order valence-electron chi connectivity index (χ2n) is 5.15. The zero-order valence-corrected chi connectivity index (χ0v) is 12.9. The van der Waals surface area contributed by atoms with Gasteiger partial charge < -0.3 is 10.6 Å². The molecule has 2 aromatic rings. The van der Waals surface area contributed by atoms with Gasteiger partial charge in [0.1, 0.15) is 10.7 Å². The normalized spacial score (nSPS) is 18.6. The Labute approximate surface area is 132 Å². The number of para-hydroxylation sites is 1. The monoisotopic (exact) mass is 335 g/mol. The Hall–Kier alpha value is -2.45. The average Bonchev–Trinajstić information content (AvgIpc) is 2.50. The SMILES string of the molecule is Cc1ccc(NC(=O)[C@H]2Nc3ccccc3S(=O)(=O)N2)cc1F. The lowest BCUT2D eigenvalue weighted by molar-refractivity contribution is -0.117. The predicted molar refractivity (Wildman–Crippen MR) is 83.9 cm³/mol. The van der Waals surface area contributed by atoms with Crippen molar-refractivity contribution in [1.29, 1.82) is 0 Å². The number of benzene rings is 2. The first-order chi connectivity index (χ1) is 10.9. The highest BCUT2D eigenvalue weighted by Gasteiger charge is 2.32. The van der Waals surface area contributed by atoms with Crippen LogP contribution in [0.1, 0.15) is 5.56 Å². The Morgan fingerprint density at radius 3 is 2.70 bits per heavy atom. The Balaban J connectivity index is 1.83. The number of carbonyl (C=O) groups is 1. The first-order valence-electron chi connectivity index (χ1n) is 6.82. The highest BCUT2D eigenvalue weighted by molar-refractivity contribution is 7.89. The van der Waals surface area contributed by atoms with Gasteiger partial charge >= 0.3 is 0 Å². The van der Waals surface area contributed by atoms with Gasteiger partial charge in [-0.15, -0.1) is 0 Å². The van der Waals surface area contributed by atoms with Crippen molar-refractivity contribution in [2.75, 3.05) is 10.6 Å². The van der Waals surface area contributed by atoms with Gasteiger partial charge in [-0.1, -0.05) is 18.2 Å². The van der Waals surface area contributed by atoms with Crippen LogP contribution in [0.15, 0.2) is 47.4 Å². The molecule has 1 aliphatic heterocycles. The Morgan fingerprint density at radius 1 is 1.22 bits per heavy atom. The molecule has 1 aliphatic rings. The third-order valence-corrected chi connectivity index (χ3v) is 4.93. The van der Waals surface area contributed by atoms with Crippen molar-refractivity contribution in [1.82, 2.24) is 4.72 Å². The molecule has 0 saturated heterocycles. The maximum atomic E-state index is 13.5. The summed E-state index contributed by atoms with van der Waals surface area (Å²) in [5.41, 5.74) is 1.04. The molecule has 0 radical (unpaired) electrons. The van der Waals surface area contributed by atoms with E-state index in [2.05, 4.69) is 15.4 Å². The van der Waals surface area contributed by atoms with Crippen LogP contribution in [0.2, 0.25) is 0 Å². The molecule has 0 unspecified atom stereocenters. The van der Waals surface area contributed by atoms with Crippen molar-refractivity contribution in [3.8, 4) is 0 Å². The van der Waals surface area contributed by atoms with Crippen LogP contribution >= 0.6 is 0 Å². The van der Waals surface area contributed by atoms with E-state index >= 15 is 0 Å². The Morgan fingerprint density at radius 2 is 1.96 bits per heavy atom. The number of carbonyl (C=O) groups excluding carboxylic acids is 1. The molecule has 8 heteroatoms. The number of amides is 1. The van der Waals surface area contributed by atoms with Crippen molar-refractivity contribution in [3.05, 3.63) is 53.8 Å². The Bertz CT molecular complexity index is 883. The van der Waals surface area contributed by atoms with E-state index in [-0.39, 0.29) is 10.6 Å². The van der Waals surface area contributed by atoms with Gasteiger partial charge in [-0.2, -0.15) is 4.72 Å². The number of halogens is 1. The summed E-state index contributed by atoms with van der Waals surface area (Å²) in [7, 11) is -3.79. The van der Waals surface area contributed by atoms with Gasteiger partial charge in [0.2, 0.25) is 10.0 Å². The third-order valence-electron chi connectivity index (χ3n) is 3.45. The molecule has 6 nitrogen and oxygen atoms in total. The molecule has 3 rings (SSSR count). The van der Waals surface area contributed by atoms with E-state index in [0.717, 1.165) is 0 Å². The number of nitrogens with one attached hydrogen (secondary N) is 3. The molecule has 120 valence electrons. The summed E-state index contributed by atoms with van der Waals surface area (Å²) in [4.78, 5) is 12.3. The lowest BCUT2D eigenvalue weighted by atomic mass is 10.2. The van der Waals surface area contributed by atoms with Crippen molar-refractivity contribution >= 4 is 27.3 Å². The van der Waals surface area contributed by atoms with Gasteiger partial charge in [0.15, 0.2) is 6.17 Å². The van der Waals surface area contributed by atoms with Crippen LogP contribution in [0.3, 0.4) is 0 Å². The minimum atomic E-state index is -3.79. The number of aryl methyl sites for hydroxylation is 1. The molecule has 2 aromatic carbocycles. The van der Waals surface area contributed by atoms with E-state index in [9.17, 15) is 17.6 Å². The minimum Gasteiger partial charge on any atom is -0.360 e. The van der Waals surface area contributed by atoms with Gasteiger partial charge in [0, 0.05) is 5.69 Å². The fraction of sp³-hybridized carbons (Fsp3) is 0.133. The highest BCUT2D eigenvalue weighted by atomic mass is 32.2. The molecule has 0 aromatic heterocycles. The molecule has 0 fully saturated rings. The van der Waals surface area contributed by atoms with E-state index < -0.39 is 27.9 Å². The molecule has 0 bridgehead atoms. The smallest absolute Gasteiger partial charge is 0.262 e. The third kappa shape index (κ3) is 3.03. The van der Waals surface area contributed by atoms with Gasteiger partial charge in [0.05, 0.1) is 5.69 Å². The molecule has 1 heterocycles. The van der Waals surface area contributed by atoms with Crippen LogP contribution < -0.4 is 15.4 Å². The molecule has 23 heavy (non-hydrogen) atoms. The van der Waals surface area contributed by atoms with Crippen LogP contribution in [0, 0.1) is 12.7 Å². The lowest BCUT2D eigenvalue weighted by Crippen LogP contribution is -2.51. The fourth-order valence-corrected chi connectivity index (χ4v) is 3.51. The molecule has 0 aliphatic carbocycles. The number of sulfonamides is 1. The molecule has 3 N–H and O–H groups in total. The summed E-state index contributed by atoms with van der Waals surface area (Å²) in [6.07, 6.45) is -1.18. The van der Waals surface area contributed by atoms with E-state index in [0.29, 0.717) is 11.3 Å². The quantitative estimate of drug-likeness (QED) is 0.781. The first kappa shape index (κ1) is 15.4. The minimum absolute atomic E-state index is 0.0745. The van der Waals surface area contributed by atoms with Crippen LogP contribution in [0.5, 0.6) is 0 Å². The summed E-state index contributed by atoms with van der Waals surface area (Å²) in [6, 6.07) is 10.5. The van der Waals surface area contributed by atoms with Gasteiger partial charge in [-0.05, 0) is 36.8 Å². The summed E-state index contributed by atoms with van der Waals surface area (Å²) in [6.45, 7) is 1.61. The van der Waals surface area contributed by atoms with Crippen molar-refractivity contribution in [3.63, 3.8) is 0 Å². The zero-order chi connectivity index (χ0) is 16.6. The number of hydrogen-bond acceptors (Lipinski definition) is 4. The van der Waals surface area contributed by atoms with Gasteiger partial charge in [-0.3, -0.25) is 4.79 Å². The largest absolute Gasteiger partial charge is 0.360 e. The first-order valence-corrected chi connectivity index (χ1v) is 8.30. The van der Waals surface area contributed by atoms with E-state index in [1.54, 1.807) is 31.2 Å². The number of rotatable bonds is 2. The number of hydrogen-bond donors (Lipinski definition) is 3. The predicted octanol–water partition coefficient (Wildman–Crippen LogP) is 1.80. The molecule has 1 amide bonds. The summed E-state index contributed by atoms with van der Waals surface area (Å²) >= 11 is 0. The average molecular weight is 335 g/mol. The fourth-order valence-electron chi connectivity index (χ4n) is 2.23. The summed E-state index contributed by atoms with van der Waals surface area (Å²) in [5.74, 6) is -1.09. The highest BCUT2D eigenvalue weighted by Crippen LogP contribution is 2.25. The number of anilines is 2. The maximum absolute atomic E-state index is 13.5. The summed E-state index contributed by atoms with van der Waals surface area (Å²) < 4.78 is 40.1. The standard InChI is InChI=1S/C15H14FN3O3S/c1-9-6-7-10(8-11(9)16)17-15(20)14-18-12-4-2-3-5-13(12)23(21,22)19-14/h2-8,14,18-19H,1H3,(H,17,20)/t14-/m0/s1. The topological polar surface area (TPSA) is 87.3 Å². The van der Waals surface area contributed by atoms with Crippen LogP contribution in [0.25, 0.3) is 0 Å². The van der Waals surface area contributed by atoms with E-state index in [1.807, 2.05) is 0 Å². The van der Waals surface area contributed by atoms with Crippen molar-refractivity contribution < 1.29 is 17.6 Å². The lowest BCUT2D eigenvalue weighted by Gasteiger charge is -2.27. The molecule has 0 spiro atoms. The van der Waals surface area contributed by atoms with Crippen molar-refractivity contribution in [2.24, 2.45) is 0 Å². The second kappa shape index (κ2) is 5.64.